The average Bonchev–Trinajstić information content (AvgIpc) is 3.48. The zero-order valence-electron chi connectivity index (χ0n) is 15.4. The van der Waals surface area contributed by atoms with E-state index in [4.69, 9.17) is 0 Å². The Bertz CT molecular complexity index is 1060. The molecule has 5 rings (SSSR count). The normalized spacial score (nSPS) is 18.8. The molecule has 0 bridgehead atoms. The van der Waals surface area contributed by atoms with Crippen LogP contribution < -0.4 is 5.32 Å². The second-order valence-corrected chi connectivity index (χ2v) is 7.76. The molecule has 1 atom stereocenters. The number of carboxylic acids is 1. The minimum Gasteiger partial charge on any atom is -0.480 e. The first-order valence-corrected chi connectivity index (χ1v) is 9.68. The molecule has 3 aromatic rings. The van der Waals surface area contributed by atoms with Gasteiger partial charge in [-0.15, -0.1) is 0 Å². The number of aromatic nitrogens is 3. The van der Waals surface area contributed by atoms with Crippen LogP contribution in [0.3, 0.4) is 0 Å². The van der Waals surface area contributed by atoms with Crippen LogP contribution in [-0.4, -0.2) is 31.7 Å². The highest BCUT2D eigenvalue weighted by Gasteiger charge is 2.27. The van der Waals surface area contributed by atoms with E-state index in [0.717, 1.165) is 35.0 Å². The molecule has 0 amide bonds. The Balaban J connectivity index is 1.43. The number of hydrogen-bond donors (Lipinski definition) is 2. The molecule has 2 aliphatic carbocycles. The topological polar surface area (TPSA) is 80.0 Å². The van der Waals surface area contributed by atoms with E-state index >= 15 is 0 Å². The molecule has 144 valence electrons. The van der Waals surface area contributed by atoms with Crippen molar-refractivity contribution >= 4 is 22.8 Å². The maximum atomic E-state index is 13.9. The molecule has 0 aliphatic heterocycles. The van der Waals surface area contributed by atoms with E-state index in [1.807, 2.05) is 17.0 Å². The van der Waals surface area contributed by atoms with Gasteiger partial charge in [-0.1, -0.05) is 0 Å². The molecule has 6 nitrogen and oxygen atoms in total. The molecule has 1 unspecified atom stereocenters. The van der Waals surface area contributed by atoms with Crippen molar-refractivity contribution < 1.29 is 14.3 Å². The number of anilines is 1. The predicted molar refractivity (Wildman–Crippen MR) is 103 cm³/mol. The zero-order chi connectivity index (χ0) is 19.3. The number of rotatable bonds is 5. The van der Waals surface area contributed by atoms with Gasteiger partial charge in [-0.2, -0.15) is 0 Å². The molecule has 7 heteroatoms. The summed E-state index contributed by atoms with van der Waals surface area (Å²) in [7, 11) is 0. The summed E-state index contributed by atoms with van der Waals surface area (Å²) in [6.45, 7) is -0.110. The number of nitrogens with one attached hydrogen (secondary N) is 1. The highest BCUT2D eigenvalue weighted by atomic mass is 19.1. The second-order valence-electron chi connectivity index (χ2n) is 7.76. The maximum Gasteiger partial charge on any atom is 0.323 e. The minimum atomic E-state index is -0.895. The second kappa shape index (κ2) is 6.58. The molecule has 0 saturated heterocycles. The van der Waals surface area contributed by atoms with Crippen LogP contribution in [0, 0.1) is 5.82 Å². The van der Waals surface area contributed by atoms with E-state index in [1.54, 1.807) is 6.07 Å². The first-order valence-electron chi connectivity index (χ1n) is 9.68. The summed E-state index contributed by atoms with van der Waals surface area (Å²) in [5.41, 5.74) is 3.99. The molecule has 2 heterocycles. The summed E-state index contributed by atoms with van der Waals surface area (Å²) in [4.78, 5) is 20.2. The van der Waals surface area contributed by atoms with Crippen LogP contribution in [0.1, 0.15) is 42.0 Å². The number of carboxylic acid groups (broad SMARTS) is 1. The number of fused-ring (bicyclic) bond motifs is 3. The fraction of sp³-hybridized carbons (Fsp3) is 0.381. The highest BCUT2D eigenvalue weighted by Crippen LogP contribution is 2.39. The first kappa shape index (κ1) is 17.2. The van der Waals surface area contributed by atoms with Crippen LogP contribution in [0.4, 0.5) is 10.3 Å². The average molecular weight is 380 g/mol. The Morgan fingerprint density at radius 1 is 1.25 bits per heavy atom. The lowest BCUT2D eigenvalue weighted by Gasteiger charge is -2.25. The summed E-state index contributed by atoms with van der Waals surface area (Å²) in [6, 6.07) is 4.70. The molecule has 0 radical (unpaired) electrons. The Morgan fingerprint density at radius 2 is 2.04 bits per heavy atom. The van der Waals surface area contributed by atoms with Gasteiger partial charge in [-0.05, 0) is 67.3 Å². The van der Waals surface area contributed by atoms with E-state index in [9.17, 15) is 14.3 Å². The molecular formula is C21H21FN4O2. The lowest BCUT2D eigenvalue weighted by atomic mass is 9.91. The monoisotopic (exact) mass is 380 g/mol. The number of nitrogens with zero attached hydrogens (tertiary/aromatic N) is 3. The Hall–Kier alpha value is -2.96. The third kappa shape index (κ3) is 3.10. The first-order chi connectivity index (χ1) is 13.6. The number of benzene rings is 1. The third-order valence-corrected chi connectivity index (χ3v) is 5.78. The van der Waals surface area contributed by atoms with Gasteiger partial charge in [-0.3, -0.25) is 4.79 Å². The van der Waals surface area contributed by atoms with Crippen LogP contribution in [0.15, 0.2) is 30.6 Å². The van der Waals surface area contributed by atoms with Gasteiger partial charge in [-0.25, -0.2) is 14.4 Å². The van der Waals surface area contributed by atoms with E-state index in [2.05, 4.69) is 15.3 Å². The van der Waals surface area contributed by atoms with Gasteiger partial charge in [0.05, 0.1) is 0 Å². The van der Waals surface area contributed by atoms with Crippen molar-refractivity contribution in [2.24, 2.45) is 0 Å². The number of carbonyl (C=O) groups is 1. The lowest BCUT2D eigenvalue weighted by Crippen LogP contribution is -2.29. The van der Waals surface area contributed by atoms with Crippen LogP contribution in [-0.2, 0) is 24.2 Å². The lowest BCUT2D eigenvalue weighted by molar-refractivity contribution is -0.137. The summed E-state index contributed by atoms with van der Waals surface area (Å²) in [5, 5.41) is 13.5. The van der Waals surface area contributed by atoms with Gasteiger partial charge in [0.25, 0.3) is 0 Å². The molecule has 1 fully saturated rings. The SMILES string of the molecule is O=C(O)Cn1c2c(c3cc(F)ccc31)CC(Nc1ncc(C3CC3)cn1)CC2. The molecule has 2 aromatic heterocycles. The fourth-order valence-corrected chi connectivity index (χ4v) is 4.28. The van der Waals surface area contributed by atoms with Crippen molar-refractivity contribution in [2.45, 2.75) is 50.6 Å². The van der Waals surface area contributed by atoms with Crippen molar-refractivity contribution in [1.82, 2.24) is 14.5 Å². The maximum absolute atomic E-state index is 13.9. The molecule has 1 aromatic carbocycles. The molecule has 0 spiro atoms. The van der Waals surface area contributed by atoms with Gasteiger partial charge in [0.15, 0.2) is 0 Å². The van der Waals surface area contributed by atoms with Gasteiger partial charge < -0.3 is 15.0 Å². The number of aliphatic carboxylic acids is 1. The standard InChI is InChI=1S/C21H21FN4O2/c22-14-3-5-18-16(7-14)17-8-15(4-6-19(17)26(18)11-20(27)28)25-21-23-9-13(10-24-21)12-1-2-12/h3,5,7,9-10,12,15H,1-2,4,6,8,11H2,(H,27,28)(H,23,24,25). The van der Waals surface area contributed by atoms with Crippen LogP contribution in [0.2, 0.25) is 0 Å². The summed E-state index contributed by atoms with van der Waals surface area (Å²) in [6.07, 6.45) is 8.51. The Labute approximate surface area is 161 Å². The minimum absolute atomic E-state index is 0.110. The Morgan fingerprint density at radius 3 is 2.75 bits per heavy atom. The smallest absolute Gasteiger partial charge is 0.323 e. The molecular weight excluding hydrogens is 359 g/mol. The molecule has 1 saturated carbocycles. The van der Waals surface area contributed by atoms with Crippen molar-refractivity contribution in [2.75, 3.05) is 5.32 Å². The van der Waals surface area contributed by atoms with Gasteiger partial charge in [0, 0.05) is 35.0 Å². The van der Waals surface area contributed by atoms with E-state index < -0.39 is 5.97 Å². The Kier molecular flexibility index (Phi) is 4.03. The van der Waals surface area contributed by atoms with Gasteiger partial charge >= 0.3 is 5.97 Å². The van der Waals surface area contributed by atoms with Crippen LogP contribution in [0.25, 0.3) is 10.9 Å². The van der Waals surface area contributed by atoms with Crippen LogP contribution >= 0.6 is 0 Å². The predicted octanol–water partition coefficient (Wildman–Crippen LogP) is 3.50. The van der Waals surface area contributed by atoms with Gasteiger partial charge in [0.2, 0.25) is 5.95 Å². The summed E-state index contributed by atoms with van der Waals surface area (Å²) in [5.74, 6) is 0.0325. The molecule has 2 N–H and O–H groups in total. The van der Waals surface area contributed by atoms with Gasteiger partial charge in [0.1, 0.15) is 12.4 Å². The van der Waals surface area contributed by atoms with Crippen molar-refractivity contribution in [3.8, 4) is 0 Å². The number of halogens is 1. The van der Waals surface area contributed by atoms with Crippen molar-refractivity contribution in [3.05, 3.63) is 53.2 Å². The number of hydrogen-bond acceptors (Lipinski definition) is 4. The van der Waals surface area contributed by atoms with Crippen molar-refractivity contribution in [1.29, 1.82) is 0 Å². The fourth-order valence-electron chi connectivity index (χ4n) is 4.28. The highest BCUT2D eigenvalue weighted by molar-refractivity contribution is 5.87. The largest absolute Gasteiger partial charge is 0.480 e. The third-order valence-electron chi connectivity index (χ3n) is 5.78. The van der Waals surface area contributed by atoms with E-state index in [-0.39, 0.29) is 18.4 Å². The zero-order valence-corrected chi connectivity index (χ0v) is 15.4. The van der Waals surface area contributed by atoms with Crippen molar-refractivity contribution in [3.63, 3.8) is 0 Å². The quantitative estimate of drug-likeness (QED) is 0.708. The van der Waals surface area contributed by atoms with E-state index in [1.165, 1.54) is 30.5 Å². The van der Waals surface area contributed by atoms with E-state index in [0.29, 0.717) is 18.3 Å². The molecule has 2 aliphatic rings. The molecule has 28 heavy (non-hydrogen) atoms. The summed E-state index contributed by atoms with van der Waals surface area (Å²) < 4.78 is 15.7. The van der Waals surface area contributed by atoms with Crippen LogP contribution in [0.5, 0.6) is 0 Å². The summed E-state index contributed by atoms with van der Waals surface area (Å²) >= 11 is 0.